The Balaban J connectivity index is 2.20. The van der Waals surface area contributed by atoms with Gasteiger partial charge in [-0.1, -0.05) is 11.6 Å². The molecule has 2 nitrogen and oxygen atoms in total. The topological polar surface area (TPSA) is 29.1 Å². The van der Waals surface area contributed by atoms with E-state index in [0.717, 1.165) is 16.4 Å². The van der Waals surface area contributed by atoms with Crippen LogP contribution < -0.4 is 5.32 Å². The molecule has 1 aromatic carbocycles. The second-order valence-electron chi connectivity index (χ2n) is 3.37. The average molecular weight is 322 g/mol. The third kappa shape index (κ3) is 2.39. The predicted octanol–water partition coefficient (Wildman–Crippen LogP) is 2.84. The molecule has 1 saturated carbocycles. The third-order valence-corrected chi connectivity index (χ3v) is 3.09. The second-order valence-corrected chi connectivity index (χ2v) is 5.02. The fourth-order valence-corrected chi connectivity index (χ4v) is 1.86. The summed E-state index contributed by atoms with van der Waals surface area (Å²) in [5.74, 6) is -0.0592. The lowest BCUT2D eigenvalue weighted by Crippen LogP contribution is -2.25. The Morgan fingerprint density at radius 3 is 2.86 bits per heavy atom. The zero-order valence-corrected chi connectivity index (χ0v) is 10.3. The van der Waals surface area contributed by atoms with Gasteiger partial charge in [0.15, 0.2) is 0 Å². The van der Waals surface area contributed by atoms with Gasteiger partial charge in [0.05, 0.1) is 10.6 Å². The van der Waals surface area contributed by atoms with Crippen molar-refractivity contribution < 1.29 is 4.79 Å². The van der Waals surface area contributed by atoms with Crippen molar-refractivity contribution in [2.24, 2.45) is 0 Å². The summed E-state index contributed by atoms with van der Waals surface area (Å²) in [6, 6.07) is 5.82. The van der Waals surface area contributed by atoms with Crippen LogP contribution in [0, 0.1) is 3.57 Å². The Morgan fingerprint density at radius 2 is 2.21 bits per heavy atom. The predicted molar refractivity (Wildman–Crippen MR) is 64.7 cm³/mol. The van der Waals surface area contributed by atoms with E-state index >= 15 is 0 Å². The van der Waals surface area contributed by atoms with Gasteiger partial charge in [0.1, 0.15) is 0 Å². The standard InChI is InChI=1S/C10H9ClINO/c11-9-4-1-6(12)5-8(9)10(14)13-7-2-3-7/h1,4-5,7H,2-3H2,(H,13,14). The van der Waals surface area contributed by atoms with E-state index in [1.54, 1.807) is 12.1 Å². The summed E-state index contributed by atoms with van der Waals surface area (Å²) in [6.45, 7) is 0. The van der Waals surface area contributed by atoms with Crippen molar-refractivity contribution in [2.45, 2.75) is 18.9 Å². The summed E-state index contributed by atoms with van der Waals surface area (Å²) < 4.78 is 1.02. The minimum Gasteiger partial charge on any atom is -0.349 e. The van der Waals surface area contributed by atoms with Crippen LogP contribution in [-0.4, -0.2) is 11.9 Å². The van der Waals surface area contributed by atoms with E-state index < -0.39 is 0 Å². The van der Waals surface area contributed by atoms with Gasteiger partial charge in [0, 0.05) is 9.61 Å². The van der Waals surface area contributed by atoms with Gasteiger partial charge in [-0.25, -0.2) is 0 Å². The second kappa shape index (κ2) is 4.06. The van der Waals surface area contributed by atoms with E-state index in [1.165, 1.54) is 0 Å². The molecule has 1 fully saturated rings. The lowest BCUT2D eigenvalue weighted by atomic mass is 10.2. The SMILES string of the molecule is O=C(NC1CC1)c1cc(I)ccc1Cl. The number of carbonyl (C=O) groups is 1. The highest BCUT2D eigenvalue weighted by Crippen LogP contribution is 2.22. The van der Waals surface area contributed by atoms with Gasteiger partial charge in [-0.15, -0.1) is 0 Å². The highest BCUT2D eigenvalue weighted by atomic mass is 127. The fraction of sp³-hybridized carbons (Fsp3) is 0.300. The molecule has 1 aliphatic carbocycles. The summed E-state index contributed by atoms with van der Waals surface area (Å²) in [5.41, 5.74) is 0.575. The lowest BCUT2D eigenvalue weighted by Gasteiger charge is -2.05. The molecule has 1 aromatic rings. The molecule has 0 atom stereocenters. The average Bonchev–Trinajstić information content (AvgIpc) is 2.93. The molecule has 0 spiro atoms. The molecule has 0 heterocycles. The first-order chi connectivity index (χ1) is 6.66. The maximum atomic E-state index is 11.7. The molecular formula is C10H9ClINO. The Labute approximate surface area is 101 Å². The van der Waals surface area contributed by atoms with E-state index in [2.05, 4.69) is 27.9 Å². The zero-order chi connectivity index (χ0) is 10.1. The van der Waals surface area contributed by atoms with Crippen molar-refractivity contribution in [2.75, 3.05) is 0 Å². The quantitative estimate of drug-likeness (QED) is 0.834. The van der Waals surface area contributed by atoms with E-state index in [9.17, 15) is 4.79 Å². The van der Waals surface area contributed by atoms with Crippen molar-refractivity contribution in [1.29, 1.82) is 0 Å². The Bertz CT molecular complexity index is 376. The van der Waals surface area contributed by atoms with E-state index in [1.807, 2.05) is 6.07 Å². The number of rotatable bonds is 2. The number of halogens is 2. The molecule has 0 radical (unpaired) electrons. The number of hydrogen-bond donors (Lipinski definition) is 1. The van der Waals surface area contributed by atoms with Crippen LogP contribution in [0.25, 0.3) is 0 Å². The highest BCUT2D eigenvalue weighted by Gasteiger charge is 2.24. The monoisotopic (exact) mass is 321 g/mol. The molecule has 0 unspecified atom stereocenters. The smallest absolute Gasteiger partial charge is 0.253 e. The largest absolute Gasteiger partial charge is 0.349 e. The fourth-order valence-electron chi connectivity index (χ4n) is 1.16. The third-order valence-electron chi connectivity index (χ3n) is 2.09. The first-order valence-corrected chi connectivity index (χ1v) is 5.88. The molecular weight excluding hydrogens is 312 g/mol. The van der Waals surface area contributed by atoms with Crippen LogP contribution in [0.5, 0.6) is 0 Å². The minimum atomic E-state index is -0.0592. The number of nitrogens with one attached hydrogen (secondary N) is 1. The molecule has 4 heteroatoms. The van der Waals surface area contributed by atoms with Crippen molar-refractivity contribution in [3.63, 3.8) is 0 Å². The Morgan fingerprint density at radius 1 is 1.50 bits per heavy atom. The van der Waals surface area contributed by atoms with Crippen LogP contribution in [0.1, 0.15) is 23.2 Å². The maximum Gasteiger partial charge on any atom is 0.253 e. The van der Waals surface area contributed by atoms with E-state index in [4.69, 9.17) is 11.6 Å². The molecule has 0 bridgehead atoms. The van der Waals surface area contributed by atoms with Gasteiger partial charge < -0.3 is 5.32 Å². The Hall–Kier alpha value is -0.290. The van der Waals surface area contributed by atoms with Gasteiger partial charge in [-0.2, -0.15) is 0 Å². The van der Waals surface area contributed by atoms with Crippen LogP contribution in [-0.2, 0) is 0 Å². The van der Waals surface area contributed by atoms with Gasteiger partial charge in [-0.3, -0.25) is 4.79 Å². The molecule has 1 aliphatic rings. The number of benzene rings is 1. The van der Waals surface area contributed by atoms with Crippen molar-refractivity contribution in [1.82, 2.24) is 5.32 Å². The van der Waals surface area contributed by atoms with Gasteiger partial charge in [0.25, 0.3) is 5.91 Å². The van der Waals surface area contributed by atoms with Crippen molar-refractivity contribution in [3.8, 4) is 0 Å². The minimum absolute atomic E-state index is 0.0592. The van der Waals surface area contributed by atoms with Crippen LogP contribution in [0.4, 0.5) is 0 Å². The van der Waals surface area contributed by atoms with Crippen molar-refractivity contribution >= 4 is 40.1 Å². The van der Waals surface area contributed by atoms with Gasteiger partial charge in [0.2, 0.25) is 0 Å². The zero-order valence-electron chi connectivity index (χ0n) is 7.39. The van der Waals surface area contributed by atoms with Crippen molar-refractivity contribution in [3.05, 3.63) is 32.4 Å². The molecule has 1 amide bonds. The molecule has 74 valence electrons. The molecule has 2 rings (SSSR count). The summed E-state index contributed by atoms with van der Waals surface area (Å²) in [5, 5.41) is 3.43. The number of amides is 1. The highest BCUT2D eigenvalue weighted by molar-refractivity contribution is 14.1. The summed E-state index contributed by atoms with van der Waals surface area (Å²) in [4.78, 5) is 11.7. The summed E-state index contributed by atoms with van der Waals surface area (Å²) in [7, 11) is 0. The van der Waals surface area contributed by atoms with Crippen LogP contribution >= 0.6 is 34.2 Å². The summed E-state index contributed by atoms with van der Waals surface area (Å²) in [6.07, 6.45) is 2.18. The molecule has 14 heavy (non-hydrogen) atoms. The van der Waals surface area contributed by atoms with Gasteiger partial charge >= 0.3 is 0 Å². The first kappa shape index (κ1) is 10.2. The molecule has 1 N–H and O–H groups in total. The molecule has 0 saturated heterocycles. The van der Waals surface area contributed by atoms with Gasteiger partial charge in [-0.05, 0) is 53.6 Å². The lowest BCUT2D eigenvalue weighted by molar-refractivity contribution is 0.0951. The van der Waals surface area contributed by atoms with Crippen LogP contribution in [0.2, 0.25) is 5.02 Å². The van der Waals surface area contributed by atoms with E-state index in [0.29, 0.717) is 16.6 Å². The Kier molecular flexibility index (Phi) is 2.97. The van der Waals surface area contributed by atoms with Crippen LogP contribution in [0.15, 0.2) is 18.2 Å². The summed E-state index contributed by atoms with van der Waals surface area (Å²) >= 11 is 8.10. The maximum absolute atomic E-state index is 11.7. The normalized spacial score (nSPS) is 15.3. The molecule has 0 aliphatic heterocycles. The first-order valence-electron chi connectivity index (χ1n) is 4.43. The number of hydrogen-bond acceptors (Lipinski definition) is 1. The molecule has 0 aromatic heterocycles. The van der Waals surface area contributed by atoms with E-state index in [-0.39, 0.29) is 5.91 Å². The number of carbonyl (C=O) groups excluding carboxylic acids is 1. The van der Waals surface area contributed by atoms with Crippen LogP contribution in [0.3, 0.4) is 0 Å².